The first-order valence-electron chi connectivity index (χ1n) is 8.05. The minimum atomic E-state index is -0.225. The van der Waals surface area contributed by atoms with Crippen LogP contribution in [0.25, 0.3) is 22.9 Å². The van der Waals surface area contributed by atoms with E-state index in [2.05, 4.69) is 20.4 Å². The van der Waals surface area contributed by atoms with Crippen molar-refractivity contribution in [3.05, 3.63) is 73.0 Å². The van der Waals surface area contributed by atoms with Gasteiger partial charge in [0, 0.05) is 24.9 Å². The molecule has 1 amide bonds. The Bertz CT molecular complexity index is 1090. The fourth-order valence-electron chi connectivity index (χ4n) is 2.63. The number of hydrogen-bond donors (Lipinski definition) is 1. The fourth-order valence-corrected chi connectivity index (χ4v) is 2.63. The number of amides is 1. The van der Waals surface area contributed by atoms with Crippen LogP contribution in [0.15, 0.2) is 67.4 Å². The molecule has 0 saturated heterocycles. The van der Waals surface area contributed by atoms with Gasteiger partial charge in [-0.05, 0) is 30.3 Å². The van der Waals surface area contributed by atoms with Gasteiger partial charge in [-0.1, -0.05) is 12.1 Å². The van der Waals surface area contributed by atoms with Crippen LogP contribution in [0, 0.1) is 0 Å². The minimum absolute atomic E-state index is 0.225. The number of rotatable bonds is 4. The summed E-state index contributed by atoms with van der Waals surface area (Å²) in [4.78, 5) is 20.8. The van der Waals surface area contributed by atoms with Gasteiger partial charge in [0.05, 0.1) is 29.1 Å². The third kappa shape index (κ3) is 3.23. The molecule has 0 spiro atoms. The van der Waals surface area contributed by atoms with Crippen molar-refractivity contribution in [3.8, 4) is 5.82 Å². The van der Waals surface area contributed by atoms with Gasteiger partial charge >= 0.3 is 0 Å². The van der Waals surface area contributed by atoms with Crippen LogP contribution in [0.5, 0.6) is 0 Å². The van der Waals surface area contributed by atoms with Crippen molar-refractivity contribution < 1.29 is 4.79 Å². The van der Waals surface area contributed by atoms with E-state index in [0.29, 0.717) is 5.69 Å². The van der Waals surface area contributed by atoms with Gasteiger partial charge in [-0.25, -0.2) is 9.97 Å². The van der Waals surface area contributed by atoms with Gasteiger partial charge < -0.3 is 5.32 Å². The van der Waals surface area contributed by atoms with Gasteiger partial charge in [0.2, 0.25) is 5.91 Å². The molecule has 0 radical (unpaired) electrons. The molecule has 1 N–H and O–H groups in total. The lowest BCUT2D eigenvalue weighted by molar-refractivity contribution is -0.111. The highest BCUT2D eigenvalue weighted by molar-refractivity contribution is 6.01. The molecule has 0 fully saturated rings. The van der Waals surface area contributed by atoms with E-state index in [-0.39, 0.29) is 5.91 Å². The van der Waals surface area contributed by atoms with E-state index in [4.69, 9.17) is 0 Å². The van der Waals surface area contributed by atoms with Crippen molar-refractivity contribution >= 4 is 28.7 Å². The van der Waals surface area contributed by atoms with Crippen molar-refractivity contribution in [1.29, 1.82) is 0 Å². The van der Waals surface area contributed by atoms with Crippen LogP contribution >= 0.6 is 0 Å². The number of aromatic nitrogens is 5. The largest absolute Gasteiger partial charge is 0.321 e. The zero-order chi connectivity index (χ0) is 17.9. The highest BCUT2D eigenvalue weighted by atomic mass is 16.1. The van der Waals surface area contributed by atoms with E-state index >= 15 is 0 Å². The highest BCUT2D eigenvalue weighted by Crippen LogP contribution is 2.17. The number of benzene rings is 1. The minimum Gasteiger partial charge on any atom is -0.321 e. The maximum absolute atomic E-state index is 12.0. The molecule has 26 heavy (non-hydrogen) atoms. The summed E-state index contributed by atoms with van der Waals surface area (Å²) in [6.07, 6.45) is 10.1. The Balaban J connectivity index is 1.47. The van der Waals surface area contributed by atoms with Gasteiger partial charge in [-0.3, -0.25) is 14.0 Å². The summed E-state index contributed by atoms with van der Waals surface area (Å²) in [6, 6.07) is 11.5. The number of nitrogens with one attached hydrogen (secondary N) is 1. The van der Waals surface area contributed by atoms with Crippen molar-refractivity contribution in [2.24, 2.45) is 7.05 Å². The molecule has 3 heterocycles. The predicted molar refractivity (Wildman–Crippen MR) is 99.7 cm³/mol. The number of pyridine rings is 1. The summed E-state index contributed by atoms with van der Waals surface area (Å²) < 4.78 is 3.59. The lowest BCUT2D eigenvalue weighted by Gasteiger charge is -2.05. The number of aryl methyl sites for hydroxylation is 1. The number of hydrogen-bond acceptors (Lipinski definition) is 4. The Morgan fingerprint density at radius 3 is 2.77 bits per heavy atom. The smallest absolute Gasteiger partial charge is 0.248 e. The zero-order valence-corrected chi connectivity index (χ0v) is 14.1. The highest BCUT2D eigenvalue weighted by Gasteiger charge is 2.05. The van der Waals surface area contributed by atoms with Crippen LogP contribution in [-0.4, -0.2) is 30.2 Å². The maximum atomic E-state index is 12.0. The molecule has 0 bridgehead atoms. The number of imidazole rings is 1. The van der Waals surface area contributed by atoms with Crippen molar-refractivity contribution in [2.45, 2.75) is 0 Å². The van der Waals surface area contributed by atoms with Crippen molar-refractivity contribution in [1.82, 2.24) is 24.3 Å². The number of carbonyl (C=O) groups is 1. The summed E-state index contributed by atoms with van der Waals surface area (Å²) in [5.41, 5.74) is 3.38. The van der Waals surface area contributed by atoms with E-state index in [1.54, 1.807) is 29.5 Å². The van der Waals surface area contributed by atoms with Gasteiger partial charge in [0.15, 0.2) is 0 Å². The SMILES string of the molecule is Cn1cc(C=CC(=O)Nc2ccc(-n3cnc4ccccc43)nc2)cn1. The summed E-state index contributed by atoms with van der Waals surface area (Å²) in [7, 11) is 1.83. The van der Waals surface area contributed by atoms with Gasteiger partial charge in [-0.15, -0.1) is 0 Å². The zero-order valence-electron chi connectivity index (χ0n) is 14.1. The Kier molecular flexibility index (Phi) is 4.03. The van der Waals surface area contributed by atoms with Gasteiger partial charge in [0.1, 0.15) is 12.1 Å². The molecule has 4 aromatic rings. The molecule has 0 unspecified atom stereocenters. The molecule has 0 aliphatic rings. The molecular formula is C19H16N6O. The van der Waals surface area contributed by atoms with Gasteiger partial charge in [0.25, 0.3) is 0 Å². The summed E-state index contributed by atoms with van der Waals surface area (Å²) in [5.74, 6) is 0.513. The number of anilines is 1. The Morgan fingerprint density at radius 1 is 1.12 bits per heavy atom. The van der Waals surface area contributed by atoms with Crippen LogP contribution in [0.4, 0.5) is 5.69 Å². The van der Waals surface area contributed by atoms with Crippen molar-refractivity contribution in [2.75, 3.05) is 5.32 Å². The molecule has 7 heteroatoms. The molecule has 4 rings (SSSR count). The maximum Gasteiger partial charge on any atom is 0.248 e. The van der Waals surface area contributed by atoms with E-state index < -0.39 is 0 Å². The molecule has 3 aromatic heterocycles. The number of fused-ring (bicyclic) bond motifs is 1. The van der Waals surface area contributed by atoms with Crippen LogP contribution < -0.4 is 5.32 Å². The van der Waals surface area contributed by atoms with Gasteiger partial charge in [-0.2, -0.15) is 5.10 Å². The number of carbonyl (C=O) groups excluding carboxylic acids is 1. The normalized spacial score (nSPS) is 11.3. The molecule has 0 atom stereocenters. The van der Waals surface area contributed by atoms with Crippen LogP contribution in [0.1, 0.15) is 5.56 Å². The third-order valence-electron chi connectivity index (χ3n) is 3.87. The quantitative estimate of drug-likeness (QED) is 0.578. The monoisotopic (exact) mass is 344 g/mol. The molecule has 1 aromatic carbocycles. The van der Waals surface area contributed by atoms with Crippen LogP contribution in [0.3, 0.4) is 0 Å². The third-order valence-corrected chi connectivity index (χ3v) is 3.87. The fraction of sp³-hybridized carbons (Fsp3) is 0.0526. The summed E-state index contributed by atoms with van der Waals surface area (Å²) in [6.45, 7) is 0. The Labute approximate surface area is 149 Å². The van der Waals surface area contributed by atoms with Crippen LogP contribution in [0.2, 0.25) is 0 Å². The topological polar surface area (TPSA) is 77.6 Å². The first-order valence-corrected chi connectivity index (χ1v) is 8.05. The molecule has 7 nitrogen and oxygen atoms in total. The lowest BCUT2D eigenvalue weighted by atomic mass is 10.3. The summed E-state index contributed by atoms with van der Waals surface area (Å²) in [5, 5.41) is 6.84. The molecular weight excluding hydrogens is 328 g/mol. The second kappa shape index (κ2) is 6.64. The Morgan fingerprint density at radius 2 is 2.00 bits per heavy atom. The van der Waals surface area contributed by atoms with E-state index in [1.807, 2.05) is 54.2 Å². The van der Waals surface area contributed by atoms with Crippen LogP contribution in [-0.2, 0) is 11.8 Å². The van der Waals surface area contributed by atoms with E-state index in [9.17, 15) is 4.79 Å². The molecule has 0 saturated carbocycles. The van der Waals surface area contributed by atoms with E-state index in [1.165, 1.54) is 6.08 Å². The standard InChI is InChI=1S/C19H16N6O/c1-24-12-14(10-22-24)6-9-19(26)23-15-7-8-18(20-11-15)25-13-21-16-4-2-3-5-17(16)25/h2-13H,1H3,(H,23,26). The van der Waals surface area contributed by atoms with Crippen molar-refractivity contribution in [3.63, 3.8) is 0 Å². The first kappa shape index (κ1) is 15.8. The molecule has 0 aliphatic heterocycles. The second-order valence-corrected chi connectivity index (χ2v) is 5.78. The number of para-hydroxylation sites is 2. The first-order chi connectivity index (χ1) is 12.7. The number of nitrogens with zero attached hydrogens (tertiary/aromatic N) is 5. The lowest BCUT2D eigenvalue weighted by Crippen LogP contribution is -2.08. The summed E-state index contributed by atoms with van der Waals surface area (Å²) >= 11 is 0. The average Bonchev–Trinajstić information content (AvgIpc) is 3.27. The molecule has 0 aliphatic carbocycles. The predicted octanol–water partition coefficient (Wildman–Crippen LogP) is 2.81. The molecule has 128 valence electrons. The average molecular weight is 344 g/mol. The second-order valence-electron chi connectivity index (χ2n) is 5.78. The Hall–Kier alpha value is -3.74. The van der Waals surface area contributed by atoms with E-state index in [0.717, 1.165) is 22.4 Å².